The lowest BCUT2D eigenvalue weighted by Gasteiger charge is -2.24. The van der Waals surface area contributed by atoms with Gasteiger partial charge in [0.05, 0.1) is 17.7 Å². The zero-order chi connectivity index (χ0) is 14.5. The van der Waals surface area contributed by atoms with Crippen molar-refractivity contribution in [3.05, 3.63) is 34.6 Å². The standard InChI is InChI=1S/C16H23ClFNO/c1-3-7-19-15(13-8-11(2)20-10-13)9-12-5-4-6-14(18)16(12)17/h4-6,11,13,15,19H,3,7-10H2,1-2H3. The van der Waals surface area contributed by atoms with Crippen LogP contribution in [-0.2, 0) is 11.2 Å². The maximum Gasteiger partial charge on any atom is 0.142 e. The number of nitrogens with one attached hydrogen (secondary N) is 1. The minimum atomic E-state index is -0.338. The van der Waals surface area contributed by atoms with Gasteiger partial charge in [-0.1, -0.05) is 30.7 Å². The van der Waals surface area contributed by atoms with Gasteiger partial charge in [0.1, 0.15) is 5.82 Å². The number of benzene rings is 1. The van der Waals surface area contributed by atoms with Gasteiger partial charge in [-0.2, -0.15) is 0 Å². The highest BCUT2D eigenvalue weighted by Crippen LogP contribution is 2.27. The van der Waals surface area contributed by atoms with E-state index in [9.17, 15) is 4.39 Å². The highest BCUT2D eigenvalue weighted by molar-refractivity contribution is 6.31. The second-order valence-electron chi connectivity index (χ2n) is 5.62. The first-order valence-electron chi connectivity index (χ1n) is 7.39. The summed E-state index contributed by atoms with van der Waals surface area (Å²) in [5.74, 6) is 0.130. The van der Waals surface area contributed by atoms with Gasteiger partial charge in [-0.3, -0.25) is 0 Å². The number of ether oxygens (including phenoxy) is 1. The molecule has 2 nitrogen and oxygen atoms in total. The normalized spacial score (nSPS) is 24.0. The van der Waals surface area contributed by atoms with E-state index in [4.69, 9.17) is 16.3 Å². The van der Waals surface area contributed by atoms with Gasteiger partial charge in [0.15, 0.2) is 0 Å². The molecule has 0 aromatic heterocycles. The quantitative estimate of drug-likeness (QED) is 0.862. The largest absolute Gasteiger partial charge is 0.378 e. The molecule has 1 saturated heterocycles. The van der Waals surface area contributed by atoms with Crippen LogP contribution in [0.5, 0.6) is 0 Å². The van der Waals surface area contributed by atoms with Gasteiger partial charge >= 0.3 is 0 Å². The number of halogens is 2. The second kappa shape index (κ2) is 7.39. The Labute approximate surface area is 125 Å². The molecule has 0 amide bonds. The maximum atomic E-state index is 13.5. The molecular formula is C16H23ClFNO. The lowest BCUT2D eigenvalue weighted by Crippen LogP contribution is -2.39. The first kappa shape index (κ1) is 15.7. The molecule has 1 heterocycles. The van der Waals surface area contributed by atoms with Crippen molar-refractivity contribution in [2.75, 3.05) is 13.2 Å². The summed E-state index contributed by atoms with van der Waals surface area (Å²) in [6.45, 7) is 5.98. The lowest BCUT2D eigenvalue weighted by molar-refractivity contribution is 0.117. The highest BCUT2D eigenvalue weighted by Gasteiger charge is 2.29. The molecule has 1 aliphatic rings. The van der Waals surface area contributed by atoms with Gasteiger partial charge in [0.2, 0.25) is 0 Å². The molecule has 1 N–H and O–H groups in total. The summed E-state index contributed by atoms with van der Waals surface area (Å²) >= 11 is 6.07. The second-order valence-corrected chi connectivity index (χ2v) is 6.00. The van der Waals surface area contributed by atoms with E-state index in [1.807, 2.05) is 6.07 Å². The molecular weight excluding hydrogens is 277 g/mol. The minimum absolute atomic E-state index is 0.253. The van der Waals surface area contributed by atoms with Crippen LogP contribution in [0.15, 0.2) is 18.2 Å². The smallest absolute Gasteiger partial charge is 0.142 e. The van der Waals surface area contributed by atoms with Gasteiger partial charge in [0.25, 0.3) is 0 Å². The molecule has 0 saturated carbocycles. The molecule has 1 fully saturated rings. The summed E-state index contributed by atoms with van der Waals surface area (Å²) in [5.41, 5.74) is 0.875. The van der Waals surface area contributed by atoms with Gasteiger partial charge in [-0.25, -0.2) is 4.39 Å². The molecule has 3 atom stereocenters. The van der Waals surface area contributed by atoms with E-state index < -0.39 is 0 Å². The topological polar surface area (TPSA) is 21.3 Å². The zero-order valence-electron chi connectivity index (χ0n) is 12.2. The van der Waals surface area contributed by atoms with Crippen LogP contribution >= 0.6 is 11.6 Å². The van der Waals surface area contributed by atoms with E-state index >= 15 is 0 Å². The van der Waals surface area contributed by atoms with Gasteiger partial charge in [-0.15, -0.1) is 0 Å². The molecule has 0 spiro atoms. The molecule has 2 rings (SSSR count). The Morgan fingerprint density at radius 1 is 1.50 bits per heavy atom. The fraction of sp³-hybridized carbons (Fsp3) is 0.625. The van der Waals surface area contributed by atoms with E-state index in [2.05, 4.69) is 19.2 Å². The third kappa shape index (κ3) is 3.94. The van der Waals surface area contributed by atoms with Crippen LogP contribution in [-0.4, -0.2) is 25.3 Å². The van der Waals surface area contributed by atoms with Crippen LogP contribution in [0.25, 0.3) is 0 Å². The van der Waals surface area contributed by atoms with Crippen molar-refractivity contribution in [3.8, 4) is 0 Å². The van der Waals surface area contributed by atoms with Crippen molar-refractivity contribution in [2.45, 2.75) is 45.3 Å². The number of hydrogen-bond acceptors (Lipinski definition) is 2. The van der Waals surface area contributed by atoms with Crippen LogP contribution < -0.4 is 5.32 Å². The fourth-order valence-corrected chi connectivity index (χ4v) is 3.01. The molecule has 0 radical (unpaired) electrons. The Balaban J connectivity index is 2.08. The lowest BCUT2D eigenvalue weighted by atomic mass is 9.91. The van der Waals surface area contributed by atoms with Crippen LogP contribution in [0.2, 0.25) is 5.02 Å². The maximum absolute atomic E-state index is 13.5. The van der Waals surface area contributed by atoms with Crippen LogP contribution in [0.4, 0.5) is 4.39 Å². The van der Waals surface area contributed by atoms with Gasteiger partial charge < -0.3 is 10.1 Å². The Kier molecular flexibility index (Phi) is 5.82. The summed E-state index contributed by atoms with van der Waals surface area (Å²) in [4.78, 5) is 0. The predicted octanol–water partition coefficient (Wildman–Crippen LogP) is 3.81. The number of rotatable bonds is 6. The third-order valence-electron chi connectivity index (χ3n) is 3.93. The summed E-state index contributed by atoms with van der Waals surface area (Å²) in [6, 6.07) is 5.33. The van der Waals surface area contributed by atoms with E-state index in [1.165, 1.54) is 6.07 Å². The molecule has 0 bridgehead atoms. The molecule has 1 aromatic rings. The number of hydrogen-bond donors (Lipinski definition) is 1. The zero-order valence-corrected chi connectivity index (χ0v) is 12.9. The van der Waals surface area contributed by atoms with E-state index in [0.29, 0.717) is 18.1 Å². The molecule has 1 aliphatic heterocycles. The monoisotopic (exact) mass is 299 g/mol. The average molecular weight is 300 g/mol. The molecule has 0 aliphatic carbocycles. The first-order valence-corrected chi connectivity index (χ1v) is 7.77. The van der Waals surface area contributed by atoms with Crippen molar-refractivity contribution in [3.63, 3.8) is 0 Å². The van der Waals surface area contributed by atoms with Gasteiger partial charge in [0, 0.05) is 12.0 Å². The minimum Gasteiger partial charge on any atom is -0.378 e. The van der Waals surface area contributed by atoms with Crippen LogP contribution in [0.1, 0.15) is 32.3 Å². The Morgan fingerprint density at radius 2 is 2.30 bits per heavy atom. The van der Waals surface area contributed by atoms with Crippen LogP contribution in [0.3, 0.4) is 0 Å². The Hall–Kier alpha value is -0.640. The fourth-order valence-electron chi connectivity index (χ4n) is 2.81. The van der Waals surface area contributed by atoms with E-state index in [0.717, 1.165) is 38.0 Å². The van der Waals surface area contributed by atoms with Crippen molar-refractivity contribution in [1.82, 2.24) is 5.32 Å². The van der Waals surface area contributed by atoms with Crippen molar-refractivity contribution in [2.24, 2.45) is 5.92 Å². The Bertz CT molecular complexity index is 440. The summed E-state index contributed by atoms with van der Waals surface area (Å²) in [6.07, 6.45) is 3.19. The van der Waals surface area contributed by atoms with Crippen molar-refractivity contribution >= 4 is 11.6 Å². The molecule has 4 heteroatoms. The van der Waals surface area contributed by atoms with E-state index in [-0.39, 0.29) is 10.8 Å². The molecule has 1 aromatic carbocycles. The predicted molar refractivity (Wildman–Crippen MR) is 80.7 cm³/mol. The highest BCUT2D eigenvalue weighted by atomic mass is 35.5. The SMILES string of the molecule is CCCNC(Cc1cccc(F)c1Cl)C1COC(C)C1. The van der Waals surface area contributed by atoms with Crippen LogP contribution in [0, 0.1) is 11.7 Å². The van der Waals surface area contributed by atoms with E-state index in [1.54, 1.807) is 6.07 Å². The molecule has 112 valence electrons. The third-order valence-corrected chi connectivity index (χ3v) is 4.35. The summed E-state index contributed by atoms with van der Waals surface area (Å²) in [7, 11) is 0. The van der Waals surface area contributed by atoms with Crippen molar-refractivity contribution in [1.29, 1.82) is 0 Å². The van der Waals surface area contributed by atoms with Gasteiger partial charge in [-0.05, 0) is 44.4 Å². The molecule has 20 heavy (non-hydrogen) atoms. The summed E-state index contributed by atoms with van der Waals surface area (Å²) in [5, 5.41) is 3.82. The summed E-state index contributed by atoms with van der Waals surface area (Å²) < 4.78 is 19.2. The van der Waals surface area contributed by atoms with Crippen molar-refractivity contribution < 1.29 is 9.13 Å². The first-order chi connectivity index (χ1) is 9.61. The Morgan fingerprint density at radius 3 is 2.95 bits per heavy atom. The molecule has 3 unspecified atom stereocenters. The average Bonchev–Trinajstić information content (AvgIpc) is 2.86.